The van der Waals surface area contributed by atoms with Gasteiger partial charge in [-0.1, -0.05) is 42.5 Å². The third-order valence-electron chi connectivity index (χ3n) is 6.37. The Morgan fingerprint density at radius 3 is 2.61 bits per heavy atom. The summed E-state index contributed by atoms with van der Waals surface area (Å²) in [7, 11) is 0. The van der Waals surface area contributed by atoms with Gasteiger partial charge in [0.05, 0.1) is 6.10 Å². The quantitative estimate of drug-likeness (QED) is 0.226. The van der Waals surface area contributed by atoms with Gasteiger partial charge in [0.2, 0.25) is 0 Å². The molecule has 2 fully saturated rings. The minimum Gasteiger partial charge on any atom is -0.381 e. The molecule has 2 aliphatic heterocycles. The molecule has 0 unspecified atom stereocenters. The topological polar surface area (TPSA) is 49.3 Å². The molecular formula is C26H39IN4O2. The summed E-state index contributed by atoms with van der Waals surface area (Å²) < 4.78 is 11.4. The third kappa shape index (κ3) is 7.80. The highest BCUT2D eigenvalue weighted by atomic mass is 127. The van der Waals surface area contributed by atoms with Crippen molar-refractivity contribution >= 4 is 40.7 Å². The van der Waals surface area contributed by atoms with Gasteiger partial charge in [-0.2, -0.15) is 0 Å². The molecule has 2 saturated heterocycles. The highest BCUT2D eigenvalue weighted by Gasteiger charge is 2.20. The van der Waals surface area contributed by atoms with Crippen LogP contribution in [0, 0.1) is 0 Å². The van der Waals surface area contributed by atoms with Gasteiger partial charge in [-0.15, -0.1) is 24.0 Å². The number of ether oxygens (including phenoxy) is 2. The Balaban J connectivity index is 0.00000306. The van der Waals surface area contributed by atoms with Crippen LogP contribution in [0.3, 0.4) is 0 Å². The molecule has 0 saturated carbocycles. The Morgan fingerprint density at radius 1 is 1.06 bits per heavy atom. The summed E-state index contributed by atoms with van der Waals surface area (Å²) in [5.74, 6) is 1.04. The van der Waals surface area contributed by atoms with E-state index in [9.17, 15) is 0 Å². The molecule has 0 radical (unpaired) electrons. The maximum atomic E-state index is 5.98. The van der Waals surface area contributed by atoms with E-state index in [2.05, 4.69) is 64.5 Å². The highest BCUT2D eigenvalue weighted by Crippen LogP contribution is 2.20. The second-order valence-electron chi connectivity index (χ2n) is 8.67. The molecule has 0 aromatic heterocycles. The van der Waals surface area contributed by atoms with Crippen molar-refractivity contribution in [2.24, 2.45) is 4.99 Å². The smallest absolute Gasteiger partial charge is 0.194 e. The molecule has 182 valence electrons. The van der Waals surface area contributed by atoms with E-state index in [0.29, 0.717) is 6.10 Å². The van der Waals surface area contributed by atoms with E-state index < -0.39 is 0 Å². The van der Waals surface area contributed by atoms with Crippen LogP contribution in [0.2, 0.25) is 0 Å². The summed E-state index contributed by atoms with van der Waals surface area (Å²) >= 11 is 0. The number of fused-ring (bicyclic) bond motifs is 1. The molecule has 0 spiro atoms. The number of benzene rings is 2. The zero-order valence-corrected chi connectivity index (χ0v) is 22.2. The molecular weight excluding hydrogens is 527 g/mol. The van der Waals surface area contributed by atoms with Gasteiger partial charge in [-0.05, 0) is 42.5 Å². The predicted octanol–water partition coefficient (Wildman–Crippen LogP) is 4.13. The summed E-state index contributed by atoms with van der Waals surface area (Å²) in [5, 5.41) is 6.18. The molecule has 2 aliphatic rings. The summed E-state index contributed by atoms with van der Waals surface area (Å²) in [6.07, 6.45) is 3.38. The van der Waals surface area contributed by atoms with Gasteiger partial charge in [-0.3, -0.25) is 9.89 Å². The number of rotatable bonds is 8. The second kappa shape index (κ2) is 14.1. The summed E-state index contributed by atoms with van der Waals surface area (Å²) in [6.45, 7) is 11.4. The number of hydrogen-bond acceptors (Lipinski definition) is 4. The second-order valence-corrected chi connectivity index (χ2v) is 8.67. The number of nitrogens with one attached hydrogen (secondary N) is 1. The minimum absolute atomic E-state index is 0. The SMILES string of the molecule is CCNC(=NCCCOC1CCOCC1)N1CCN(Cc2cccc3ccccc23)CC1.I. The molecule has 0 amide bonds. The van der Waals surface area contributed by atoms with Gasteiger partial charge < -0.3 is 19.7 Å². The molecule has 4 rings (SSSR count). The first kappa shape index (κ1) is 26.2. The zero-order valence-electron chi connectivity index (χ0n) is 19.9. The van der Waals surface area contributed by atoms with Crippen LogP contribution in [0.15, 0.2) is 47.5 Å². The van der Waals surface area contributed by atoms with Gasteiger partial charge >= 0.3 is 0 Å². The monoisotopic (exact) mass is 566 g/mol. The number of hydrogen-bond donors (Lipinski definition) is 1. The van der Waals surface area contributed by atoms with Crippen molar-refractivity contribution in [3.05, 3.63) is 48.0 Å². The maximum Gasteiger partial charge on any atom is 0.194 e. The Bertz CT molecular complexity index is 859. The van der Waals surface area contributed by atoms with Crippen molar-refractivity contribution in [2.75, 3.05) is 59.1 Å². The molecule has 0 aliphatic carbocycles. The van der Waals surface area contributed by atoms with Crippen LogP contribution in [0.1, 0.15) is 31.7 Å². The molecule has 1 N–H and O–H groups in total. The molecule has 7 heteroatoms. The van der Waals surface area contributed by atoms with Crippen molar-refractivity contribution in [3.63, 3.8) is 0 Å². The third-order valence-corrected chi connectivity index (χ3v) is 6.37. The normalized spacial score (nSPS) is 18.3. The fraction of sp³-hybridized carbons (Fsp3) is 0.577. The van der Waals surface area contributed by atoms with Crippen LogP contribution in [-0.4, -0.2) is 81.0 Å². The molecule has 2 aromatic rings. The van der Waals surface area contributed by atoms with Crippen LogP contribution < -0.4 is 5.32 Å². The van der Waals surface area contributed by atoms with Crippen molar-refractivity contribution < 1.29 is 9.47 Å². The Kier molecular flexibility index (Phi) is 11.2. The van der Waals surface area contributed by atoms with Gasteiger partial charge in [0, 0.05) is 65.6 Å². The van der Waals surface area contributed by atoms with Crippen molar-refractivity contribution in [2.45, 2.75) is 38.8 Å². The van der Waals surface area contributed by atoms with Gasteiger partial charge in [-0.25, -0.2) is 0 Å². The average molecular weight is 567 g/mol. The number of guanidine groups is 1. The molecule has 33 heavy (non-hydrogen) atoms. The largest absolute Gasteiger partial charge is 0.381 e. The van der Waals surface area contributed by atoms with Crippen LogP contribution in [-0.2, 0) is 16.0 Å². The molecule has 6 nitrogen and oxygen atoms in total. The van der Waals surface area contributed by atoms with Crippen LogP contribution >= 0.6 is 24.0 Å². The van der Waals surface area contributed by atoms with Crippen molar-refractivity contribution in [1.82, 2.24) is 15.1 Å². The summed E-state index contributed by atoms with van der Waals surface area (Å²) in [4.78, 5) is 9.84. The number of aliphatic imine (C=N–C) groups is 1. The van der Waals surface area contributed by atoms with Gasteiger partial charge in [0.1, 0.15) is 0 Å². The lowest BCUT2D eigenvalue weighted by molar-refractivity contribution is -0.0318. The minimum atomic E-state index is 0. The van der Waals surface area contributed by atoms with E-state index in [4.69, 9.17) is 14.5 Å². The van der Waals surface area contributed by atoms with Crippen LogP contribution in [0.4, 0.5) is 0 Å². The summed E-state index contributed by atoms with van der Waals surface area (Å²) in [5.41, 5.74) is 1.42. The maximum absolute atomic E-state index is 5.98. The molecule has 2 heterocycles. The zero-order chi connectivity index (χ0) is 22.0. The molecule has 0 atom stereocenters. The van der Waals surface area contributed by atoms with Gasteiger partial charge in [0.15, 0.2) is 5.96 Å². The molecule has 2 aromatic carbocycles. The van der Waals surface area contributed by atoms with E-state index in [1.165, 1.54) is 16.3 Å². The summed E-state index contributed by atoms with van der Waals surface area (Å²) in [6, 6.07) is 15.3. The lowest BCUT2D eigenvalue weighted by atomic mass is 10.0. The van der Waals surface area contributed by atoms with Crippen molar-refractivity contribution in [1.29, 1.82) is 0 Å². The lowest BCUT2D eigenvalue weighted by Gasteiger charge is -2.36. The fourth-order valence-corrected chi connectivity index (χ4v) is 4.56. The standard InChI is InChI=1S/C26H38N4O2.HI/c1-2-27-26(28-13-6-18-32-24-11-19-31-20-12-24)30-16-14-29(15-17-30)21-23-9-5-8-22-7-3-4-10-25(22)23;/h3-5,7-10,24H,2,6,11-21H2,1H3,(H,27,28);1H. The first-order chi connectivity index (χ1) is 15.8. The van der Waals surface area contributed by atoms with E-state index in [-0.39, 0.29) is 24.0 Å². The lowest BCUT2D eigenvalue weighted by Crippen LogP contribution is -2.52. The number of halogens is 1. The Hall–Kier alpha value is -1.42. The van der Waals surface area contributed by atoms with Crippen LogP contribution in [0.5, 0.6) is 0 Å². The van der Waals surface area contributed by atoms with Crippen molar-refractivity contribution in [3.8, 4) is 0 Å². The predicted molar refractivity (Wildman–Crippen MR) is 147 cm³/mol. The highest BCUT2D eigenvalue weighted by molar-refractivity contribution is 14.0. The number of nitrogens with zero attached hydrogens (tertiary/aromatic N) is 3. The first-order valence-corrected chi connectivity index (χ1v) is 12.2. The van der Waals surface area contributed by atoms with E-state index in [0.717, 1.165) is 90.9 Å². The molecule has 0 bridgehead atoms. The Morgan fingerprint density at radius 2 is 1.82 bits per heavy atom. The average Bonchev–Trinajstić information content (AvgIpc) is 2.85. The number of piperazine rings is 1. The van der Waals surface area contributed by atoms with E-state index in [1.54, 1.807) is 0 Å². The Labute approximate surface area is 215 Å². The van der Waals surface area contributed by atoms with Crippen LogP contribution in [0.25, 0.3) is 10.8 Å². The first-order valence-electron chi connectivity index (χ1n) is 12.2. The van der Waals surface area contributed by atoms with E-state index in [1.807, 2.05) is 0 Å². The van der Waals surface area contributed by atoms with E-state index >= 15 is 0 Å². The van der Waals surface area contributed by atoms with Gasteiger partial charge in [0.25, 0.3) is 0 Å². The fourth-order valence-electron chi connectivity index (χ4n) is 4.56.